The standard InChI is InChI=1S/C12H11N2O2/c1-2-15-10-5-7-11(8-6-10)16-12-4-3-9-13-14-12/h3-8H,2H2,1H3. The third-order valence-corrected chi connectivity index (χ3v) is 1.86. The van der Waals surface area contributed by atoms with Crippen molar-refractivity contribution in [2.24, 2.45) is 0 Å². The Morgan fingerprint density at radius 2 is 1.88 bits per heavy atom. The molecule has 0 aliphatic heterocycles. The maximum absolute atomic E-state index is 5.46. The van der Waals surface area contributed by atoms with E-state index >= 15 is 0 Å². The molecule has 4 nitrogen and oxygen atoms in total. The molecular formula is C12H11N2O2. The molecule has 0 saturated carbocycles. The molecule has 2 aromatic rings. The Bertz CT molecular complexity index is 429. The van der Waals surface area contributed by atoms with Gasteiger partial charge in [0.15, 0.2) is 0 Å². The molecule has 0 aliphatic carbocycles. The van der Waals surface area contributed by atoms with Gasteiger partial charge in [-0.15, -0.1) is 10.2 Å². The topological polar surface area (TPSA) is 44.2 Å². The average molecular weight is 215 g/mol. The summed E-state index contributed by atoms with van der Waals surface area (Å²) in [6, 6.07) is 10.7. The molecule has 81 valence electrons. The smallest absolute Gasteiger partial charge is 0.238 e. The van der Waals surface area contributed by atoms with Crippen molar-refractivity contribution >= 4 is 0 Å². The first-order valence-corrected chi connectivity index (χ1v) is 4.99. The molecule has 1 aromatic carbocycles. The Labute approximate surface area is 93.9 Å². The van der Waals surface area contributed by atoms with Crippen LogP contribution in [0.3, 0.4) is 0 Å². The van der Waals surface area contributed by atoms with E-state index in [-0.39, 0.29) is 0 Å². The molecule has 0 fully saturated rings. The van der Waals surface area contributed by atoms with Gasteiger partial charge in [0.25, 0.3) is 0 Å². The fraction of sp³-hybridized carbons (Fsp3) is 0.167. The predicted octanol–water partition coefficient (Wildman–Crippen LogP) is 2.47. The molecule has 2 rings (SSSR count). The first-order chi connectivity index (χ1) is 7.88. The second kappa shape index (κ2) is 5.11. The summed E-state index contributed by atoms with van der Waals surface area (Å²) in [5, 5.41) is 7.38. The van der Waals surface area contributed by atoms with Gasteiger partial charge < -0.3 is 9.47 Å². The van der Waals surface area contributed by atoms with E-state index in [1.807, 2.05) is 31.2 Å². The number of benzene rings is 1. The summed E-state index contributed by atoms with van der Waals surface area (Å²) in [6.07, 6.45) is 2.58. The zero-order valence-corrected chi connectivity index (χ0v) is 8.88. The molecular weight excluding hydrogens is 204 g/mol. The van der Waals surface area contributed by atoms with Crippen LogP contribution in [0.2, 0.25) is 0 Å². The van der Waals surface area contributed by atoms with Crippen molar-refractivity contribution in [2.75, 3.05) is 6.61 Å². The van der Waals surface area contributed by atoms with Crippen LogP contribution in [-0.4, -0.2) is 16.8 Å². The van der Waals surface area contributed by atoms with E-state index in [0.717, 1.165) is 5.75 Å². The highest BCUT2D eigenvalue weighted by atomic mass is 16.5. The average Bonchev–Trinajstić information content (AvgIpc) is 2.33. The third kappa shape index (κ3) is 2.70. The molecule has 0 bridgehead atoms. The highest BCUT2D eigenvalue weighted by Gasteiger charge is 1.98. The molecule has 0 spiro atoms. The van der Waals surface area contributed by atoms with Crippen LogP contribution in [0.1, 0.15) is 6.92 Å². The van der Waals surface area contributed by atoms with Gasteiger partial charge in [0, 0.05) is 6.07 Å². The van der Waals surface area contributed by atoms with E-state index < -0.39 is 0 Å². The minimum Gasteiger partial charge on any atom is -0.494 e. The molecule has 1 heterocycles. The maximum atomic E-state index is 5.46. The van der Waals surface area contributed by atoms with Crippen molar-refractivity contribution in [3.05, 3.63) is 42.6 Å². The number of ether oxygens (including phenoxy) is 2. The number of aromatic nitrogens is 2. The quantitative estimate of drug-likeness (QED) is 0.785. The Morgan fingerprint density at radius 3 is 2.50 bits per heavy atom. The number of hydrogen-bond acceptors (Lipinski definition) is 4. The Morgan fingerprint density at radius 1 is 1.12 bits per heavy atom. The van der Waals surface area contributed by atoms with Crippen molar-refractivity contribution in [3.8, 4) is 17.4 Å². The second-order valence-corrected chi connectivity index (χ2v) is 3.01. The van der Waals surface area contributed by atoms with E-state index in [2.05, 4.69) is 16.4 Å². The molecule has 0 atom stereocenters. The molecule has 0 unspecified atom stereocenters. The van der Waals surface area contributed by atoms with Crippen LogP contribution in [0.15, 0.2) is 36.4 Å². The van der Waals surface area contributed by atoms with Gasteiger partial charge in [-0.05, 0) is 37.3 Å². The minimum atomic E-state index is 0.447. The lowest BCUT2D eigenvalue weighted by Gasteiger charge is -2.05. The Hall–Kier alpha value is -2.10. The summed E-state index contributed by atoms with van der Waals surface area (Å²) in [4.78, 5) is 0. The number of rotatable bonds is 4. The fourth-order valence-corrected chi connectivity index (χ4v) is 1.20. The molecule has 1 radical (unpaired) electrons. The summed E-state index contributed by atoms with van der Waals surface area (Å²) in [5.74, 6) is 1.97. The van der Waals surface area contributed by atoms with Gasteiger partial charge in [-0.1, -0.05) is 0 Å². The van der Waals surface area contributed by atoms with Crippen LogP contribution in [0.5, 0.6) is 17.4 Å². The van der Waals surface area contributed by atoms with Crippen molar-refractivity contribution in [1.82, 2.24) is 10.2 Å². The van der Waals surface area contributed by atoms with E-state index in [1.54, 1.807) is 12.1 Å². The van der Waals surface area contributed by atoms with Gasteiger partial charge in [0.05, 0.1) is 6.61 Å². The van der Waals surface area contributed by atoms with E-state index in [1.165, 1.54) is 0 Å². The normalized spacial score (nSPS) is 9.81. The van der Waals surface area contributed by atoms with Crippen molar-refractivity contribution in [1.29, 1.82) is 0 Å². The van der Waals surface area contributed by atoms with E-state index in [0.29, 0.717) is 18.2 Å². The highest BCUT2D eigenvalue weighted by molar-refractivity contribution is 5.33. The van der Waals surface area contributed by atoms with Gasteiger partial charge in [-0.3, -0.25) is 0 Å². The van der Waals surface area contributed by atoms with E-state index in [9.17, 15) is 0 Å². The molecule has 1 aromatic heterocycles. The van der Waals surface area contributed by atoms with E-state index in [4.69, 9.17) is 9.47 Å². The molecule has 0 N–H and O–H groups in total. The first-order valence-electron chi connectivity index (χ1n) is 4.99. The summed E-state index contributed by atoms with van der Waals surface area (Å²) in [5.41, 5.74) is 0. The third-order valence-electron chi connectivity index (χ3n) is 1.86. The first kappa shape index (κ1) is 10.4. The van der Waals surface area contributed by atoms with Gasteiger partial charge in [-0.2, -0.15) is 0 Å². The van der Waals surface area contributed by atoms with Gasteiger partial charge in [0.2, 0.25) is 5.88 Å². The Balaban J connectivity index is 2.05. The van der Waals surface area contributed by atoms with Crippen LogP contribution in [0.25, 0.3) is 0 Å². The highest BCUT2D eigenvalue weighted by Crippen LogP contribution is 2.21. The monoisotopic (exact) mass is 215 g/mol. The molecule has 0 aliphatic rings. The number of nitrogens with zero attached hydrogens (tertiary/aromatic N) is 2. The summed E-state index contributed by atoms with van der Waals surface area (Å²) < 4.78 is 10.8. The molecule has 4 heteroatoms. The predicted molar refractivity (Wildman–Crippen MR) is 58.6 cm³/mol. The van der Waals surface area contributed by atoms with Gasteiger partial charge in [0.1, 0.15) is 17.7 Å². The summed E-state index contributed by atoms with van der Waals surface area (Å²) in [6.45, 7) is 2.60. The summed E-state index contributed by atoms with van der Waals surface area (Å²) >= 11 is 0. The lowest BCUT2D eigenvalue weighted by Crippen LogP contribution is -1.92. The molecule has 16 heavy (non-hydrogen) atoms. The van der Waals surface area contributed by atoms with Crippen LogP contribution >= 0.6 is 0 Å². The van der Waals surface area contributed by atoms with Crippen LogP contribution in [-0.2, 0) is 0 Å². The van der Waals surface area contributed by atoms with Crippen molar-refractivity contribution in [2.45, 2.75) is 6.92 Å². The summed E-state index contributed by atoms with van der Waals surface area (Å²) in [7, 11) is 0. The maximum Gasteiger partial charge on any atom is 0.238 e. The van der Waals surface area contributed by atoms with Gasteiger partial charge >= 0.3 is 0 Å². The minimum absolute atomic E-state index is 0.447. The largest absolute Gasteiger partial charge is 0.494 e. The van der Waals surface area contributed by atoms with Crippen LogP contribution in [0, 0.1) is 6.20 Å². The SMILES string of the molecule is CCOc1ccc(Oc2cc[c]nn2)cc1. The van der Waals surface area contributed by atoms with Crippen LogP contribution < -0.4 is 9.47 Å². The zero-order chi connectivity index (χ0) is 11.2. The number of hydrogen-bond donors (Lipinski definition) is 0. The fourth-order valence-electron chi connectivity index (χ4n) is 1.20. The lowest BCUT2D eigenvalue weighted by atomic mass is 10.3. The lowest BCUT2D eigenvalue weighted by molar-refractivity contribution is 0.339. The van der Waals surface area contributed by atoms with Gasteiger partial charge in [-0.25, -0.2) is 0 Å². The molecule has 0 amide bonds. The molecule has 0 saturated heterocycles. The van der Waals surface area contributed by atoms with Crippen LogP contribution in [0.4, 0.5) is 0 Å². The Kier molecular flexibility index (Phi) is 3.33. The van der Waals surface area contributed by atoms with Crippen molar-refractivity contribution < 1.29 is 9.47 Å². The van der Waals surface area contributed by atoms with Crippen molar-refractivity contribution in [3.63, 3.8) is 0 Å². The second-order valence-electron chi connectivity index (χ2n) is 3.01. The zero-order valence-electron chi connectivity index (χ0n) is 8.88.